The summed E-state index contributed by atoms with van der Waals surface area (Å²) in [5.74, 6) is 0.284. The molecule has 1 heterocycles. The molecule has 7 heteroatoms. The van der Waals surface area contributed by atoms with Crippen LogP contribution < -0.4 is 10.1 Å². The van der Waals surface area contributed by atoms with Crippen molar-refractivity contribution in [3.05, 3.63) is 52.5 Å². The monoisotopic (exact) mass is 317 g/mol. The van der Waals surface area contributed by atoms with E-state index in [-0.39, 0.29) is 18.5 Å². The molecule has 2 aromatic rings. The summed E-state index contributed by atoms with van der Waals surface area (Å²) in [6.45, 7) is 0.199. The Morgan fingerprint density at radius 1 is 1.36 bits per heavy atom. The zero-order valence-electron chi connectivity index (χ0n) is 11.7. The number of amides is 1. The molecule has 0 radical (unpaired) electrons. The first-order valence-corrected chi connectivity index (χ1v) is 7.25. The molecule has 114 valence electrons. The molecular weight excluding hydrogens is 304 g/mol. The van der Waals surface area contributed by atoms with Gasteiger partial charge in [0.1, 0.15) is 12.4 Å². The highest BCUT2D eigenvalue weighted by Gasteiger charge is 2.24. The highest BCUT2D eigenvalue weighted by molar-refractivity contribution is 6.31. The number of halogens is 1. The molecule has 1 aromatic carbocycles. The number of rotatable bonds is 5. The van der Waals surface area contributed by atoms with Crippen LogP contribution in [0.4, 0.5) is 5.95 Å². The fourth-order valence-corrected chi connectivity index (χ4v) is 2.05. The first kappa shape index (κ1) is 14.6. The van der Waals surface area contributed by atoms with Gasteiger partial charge in [0.15, 0.2) is 0 Å². The van der Waals surface area contributed by atoms with Gasteiger partial charge in [0.05, 0.1) is 0 Å². The molecule has 1 fully saturated rings. The normalized spacial score (nSPS) is 13.7. The van der Waals surface area contributed by atoms with Gasteiger partial charge in [0.2, 0.25) is 0 Å². The van der Waals surface area contributed by atoms with E-state index in [2.05, 4.69) is 15.3 Å². The number of aromatic nitrogens is 2. The Bertz CT molecular complexity index is 686. The summed E-state index contributed by atoms with van der Waals surface area (Å²) in [5, 5.41) is 3.46. The second-order valence-corrected chi connectivity index (χ2v) is 5.49. The average Bonchev–Trinajstić information content (AvgIpc) is 3.32. The summed E-state index contributed by atoms with van der Waals surface area (Å²) < 4.78 is 5.53. The fourth-order valence-electron chi connectivity index (χ4n) is 1.87. The zero-order chi connectivity index (χ0) is 15.5. The standard InChI is InChI=1S/C15H15ClN4O2/c16-13-4-1-9(14(21)20-11-2-3-11)5-10(13)8-22-12-6-18-15(17)19-7-12/h1,4-7,11H,2-3,8H2,(H3,17,18,19,20,21)/p-1. The number of benzene rings is 1. The zero-order valence-corrected chi connectivity index (χ0v) is 12.4. The SMILES string of the molecule is [NH-]c1ncc(OCc2cc(C(=O)NC3CC3)ccc2Cl)cn1. The molecule has 1 aliphatic rings. The summed E-state index contributed by atoms with van der Waals surface area (Å²) >= 11 is 6.14. The highest BCUT2D eigenvalue weighted by Crippen LogP contribution is 2.22. The Kier molecular flexibility index (Phi) is 4.11. The first-order valence-electron chi connectivity index (χ1n) is 6.87. The predicted octanol–water partition coefficient (Wildman–Crippen LogP) is 3.28. The van der Waals surface area contributed by atoms with Gasteiger partial charge >= 0.3 is 0 Å². The fraction of sp³-hybridized carbons (Fsp3) is 0.267. The Morgan fingerprint density at radius 3 is 2.77 bits per heavy atom. The van der Waals surface area contributed by atoms with Crippen LogP contribution in [0, 0.1) is 0 Å². The van der Waals surface area contributed by atoms with E-state index < -0.39 is 0 Å². The molecule has 2 N–H and O–H groups in total. The third-order valence-electron chi connectivity index (χ3n) is 3.24. The number of nitrogens with zero attached hydrogens (tertiary/aromatic N) is 2. The van der Waals surface area contributed by atoms with Crippen LogP contribution in [-0.4, -0.2) is 21.9 Å². The van der Waals surface area contributed by atoms with E-state index in [4.69, 9.17) is 22.1 Å². The van der Waals surface area contributed by atoms with Gasteiger partial charge in [-0.3, -0.25) is 4.79 Å². The molecule has 0 bridgehead atoms. The Hall–Kier alpha value is -2.34. The molecular formula is C15H14ClN4O2-. The summed E-state index contributed by atoms with van der Waals surface area (Å²) in [5.41, 5.74) is 8.49. The maximum Gasteiger partial charge on any atom is 0.251 e. The van der Waals surface area contributed by atoms with Crippen LogP contribution >= 0.6 is 11.6 Å². The van der Waals surface area contributed by atoms with E-state index in [0.29, 0.717) is 27.9 Å². The van der Waals surface area contributed by atoms with Crippen LogP contribution in [0.3, 0.4) is 0 Å². The quantitative estimate of drug-likeness (QED) is 0.916. The molecule has 22 heavy (non-hydrogen) atoms. The molecule has 0 aliphatic heterocycles. The van der Waals surface area contributed by atoms with Gasteiger partial charge in [0.25, 0.3) is 5.91 Å². The van der Waals surface area contributed by atoms with Gasteiger partial charge in [-0.05, 0) is 43.4 Å². The van der Waals surface area contributed by atoms with Crippen LogP contribution in [0.5, 0.6) is 5.75 Å². The van der Waals surface area contributed by atoms with Crippen molar-refractivity contribution in [1.29, 1.82) is 0 Å². The minimum Gasteiger partial charge on any atom is -0.488 e. The minimum atomic E-state index is -0.0951. The van der Waals surface area contributed by atoms with Crippen molar-refractivity contribution in [1.82, 2.24) is 15.3 Å². The van der Waals surface area contributed by atoms with Crippen LogP contribution in [0.2, 0.25) is 5.02 Å². The lowest BCUT2D eigenvalue weighted by Gasteiger charge is -2.11. The smallest absolute Gasteiger partial charge is 0.251 e. The number of carbonyl (C=O) groups excluding carboxylic acids is 1. The van der Waals surface area contributed by atoms with Crippen molar-refractivity contribution < 1.29 is 9.53 Å². The van der Waals surface area contributed by atoms with Gasteiger partial charge in [-0.15, -0.1) is 0 Å². The van der Waals surface area contributed by atoms with Crippen molar-refractivity contribution in [3.63, 3.8) is 0 Å². The molecule has 1 aromatic heterocycles. The molecule has 0 spiro atoms. The maximum absolute atomic E-state index is 12.0. The largest absolute Gasteiger partial charge is 0.488 e. The lowest BCUT2D eigenvalue weighted by Crippen LogP contribution is -2.25. The maximum atomic E-state index is 12.0. The molecule has 1 aliphatic carbocycles. The van der Waals surface area contributed by atoms with Crippen molar-refractivity contribution in [2.45, 2.75) is 25.5 Å². The van der Waals surface area contributed by atoms with E-state index in [1.54, 1.807) is 18.2 Å². The predicted molar refractivity (Wildman–Crippen MR) is 82.3 cm³/mol. The van der Waals surface area contributed by atoms with Crippen LogP contribution in [-0.2, 0) is 6.61 Å². The number of carbonyl (C=O) groups is 1. The van der Waals surface area contributed by atoms with Gasteiger partial charge in [0, 0.05) is 28.1 Å². The third-order valence-corrected chi connectivity index (χ3v) is 3.61. The first-order chi connectivity index (χ1) is 10.6. The Labute approximate surface area is 132 Å². The second-order valence-electron chi connectivity index (χ2n) is 5.08. The van der Waals surface area contributed by atoms with Crippen molar-refractivity contribution in [2.75, 3.05) is 0 Å². The molecule has 1 amide bonds. The van der Waals surface area contributed by atoms with Crippen LogP contribution in [0.15, 0.2) is 30.6 Å². The van der Waals surface area contributed by atoms with Crippen molar-refractivity contribution in [2.24, 2.45) is 0 Å². The molecule has 0 saturated heterocycles. The van der Waals surface area contributed by atoms with Crippen LogP contribution in [0.25, 0.3) is 5.73 Å². The lowest BCUT2D eigenvalue weighted by molar-refractivity contribution is 0.0951. The van der Waals surface area contributed by atoms with E-state index >= 15 is 0 Å². The summed E-state index contributed by atoms with van der Waals surface area (Å²) in [6.07, 6.45) is 4.93. The van der Waals surface area contributed by atoms with Gasteiger partial charge in [-0.25, -0.2) is 0 Å². The van der Waals surface area contributed by atoms with E-state index in [0.717, 1.165) is 12.8 Å². The molecule has 0 atom stereocenters. The molecule has 1 saturated carbocycles. The van der Waals surface area contributed by atoms with E-state index in [9.17, 15) is 4.79 Å². The highest BCUT2D eigenvalue weighted by atomic mass is 35.5. The molecule has 3 rings (SSSR count). The van der Waals surface area contributed by atoms with Gasteiger partial charge < -0.3 is 25.8 Å². The average molecular weight is 318 g/mol. The number of ether oxygens (including phenoxy) is 1. The molecule has 6 nitrogen and oxygen atoms in total. The summed E-state index contributed by atoms with van der Waals surface area (Å²) in [7, 11) is 0. The topological polar surface area (TPSA) is 87.9 Å². The Morgan fingerprint density at radius 2 is 2.09 bits per heavy atom. The van der Waals surface area contributed by atoms with E-state index in [1.807, 2.05) is 0 Å². The Balaban J connectivity index is 1.69. The number of hydrogen-bond donors (Lipinski definition) is 1. The third kappa shape index (κ3) is 3.65. The summed E-state index contributed by atoms with van der Waals surface area (Å²) in [6, 6.07) is 5.41. The van der Waals surface area contributed by atoms with Crippen LogP contribution in [0.1, 0.15) is 28.8 Å². The van der Waals surface area contributed by atoms with Gasteiger partial charge in [-0.2, -0.15) is 0 Å². The van der Waals surface area contributed by atoms with Gasteiger partial charge in [-0.1, -0.05) is 11.6 Å². The number of hydrogen-bond acceptors (Lipinski definition) is 4. The second kappa shape index (κ2) is 6.19. The van der Waals surface area contributed by atoms with E-state index in [1.165, 1.54) is 12.4 Å². The molecule has 0 unspecified atom stereocenters. The minimum absolute atomic E-state index is 0.0656. The van der Waals surface area contributed by atoms with Crippen molar-refractivity contribution >= 4 is 23.5 Å². The van der Waals surface area contributed by atoms with Crippen molar-refractivity contribution in [3.8, 4) is 5.75 Å². The lowest BCUT2D eigenvalue weighted by atomic mass is 10.1. The summed E-state index contributed by atoms with van der Waals surface area (Å²) in [4.78, 5) is 19.5. The number of nitrogens with one attached hydrogen (secondary N) is 2.